The summed E-state index contributed by atoms with van der Waals surface area (Å²) in [7, 11) is 0. The van der Waals surface area contributed by atoms with Crippen LogP contribution in [0.25, 0.3) is 0 Å². The van der Waals surface area contributed by atoms with Gasteiger partial charge >= 0.3 is 5.97 Å². The van der Waals surface area contributed by atoms with Gasteiger partial charge in [0.05, 0.1) is 0 Å². The van der Waals surface area contributed by atoms with Gasteiger partial charge in [-0.2, -0.15) is 0 Å². The summed E-state index contributed by atoms with van der Waals surface area (Å²) >= 11 is 0. The third-order valence-corrected chi connectivity index (χ3v) is 3.20. The summed E-state index contributed by atoms with van der Waals surface area (Å²) < 4.78 is 0. The molecule has 0 heterocycles. The second-order valence-corrected chi connectivity index (χ2v) is 6.86. The maximum absolute atomic E-state index is 9.60. The van der Waals surface area contributed by atoms with E-state index in [1.807, 2.05) is 0 Å². The minimum atomic E-state index is -0.935. The van der Waals surface area contributed by atoms with Gasteiger partial charge < -0.3 is 56.2 Å². The largest absolute Gasteiger partial charge is 0.478 e. The minimum absolute atomic E-state index is 0.176. The molecular formula is C24H56O12. The Bertz CT molecular complexity index is 267. The van der Waals surface area contributed by atoms with Gasteiger partial charge in [-0.3, -0.25) is 0 Å². The number of carbonyl (C=O) groups is 1. The molecule has 0 unspecified atom stereocenters. The first-order chi connectivity index (χ1) is 17.2. The Morgan fingerprint density at radius 3 is 0.528 bits per heavy atom. The molecule has 0 amide bonds. The first-order valence-corrected chi connectivity index (χ1v) is 12.2. The van der Waals surface area contributed by atoms with Crippen LogP contribution >= 0.6 is 0 Å². The highest BCUT2D eigenvalue weighted by Gasteiger charge is 1.90. The van der Waals surface area contributed by atoms with Gasteiger partial charge in [-0.15, -0.1) is 0 Å². The van der Waals surface area contributed by atoms with E-state index in [2.05, 4.69) is 6.58 Å². The van der Waals surface area contributed by atoms with E-state index in [0.29, 0.717) is 0 Å². The van der Waals surface area contributed by atoms with Crippen molar-refractivity contribution in [1.29, 1.82) is 0 Å². The normalized spacial score (nSPS) is 8.75. The zero-order valence-corrected chi connectivity index (χ0v) is 22.2. The molecule has 0 bridgehead atoms. The maximum atomic E-state index is 9.60. The van der Waals surface area contributed by atoms with Crippen molar-refractivity contribution >= 4 is 5.97 Å². The SMILES string of the molecule is C=C(C)C(=O)O.OCCCCO.OCCCCO.OCCCCO.OCCCCO.OCCCCO. The van der Waals surface area contributed by atoms with Crippen molar-refractivity contribution in [2.75, 3.05) is 66.1 Å². The summed E-state index contributed by atoms with van der Waals surface area (Å²) in [6.45, 7) is 6.55. The number of unbranched alkanes of at least 4 members (excludes halogenated alkanes) is 5. The van der Waals surface area contributed by atoms with Gasteiger partial charge in [-0.1, -0.05) is 6.58 Å². The second-order valence-electron chi connectivity index (χ2n) is 6.86. The maximum Gasteiger partial charge on any atom is 0.330 e. The van der Waals surface area contributed by atoms with Crippen molar-refractivity contribution in [2.45, 2.75) is 71.1 Å². The molecule has 0 radical (unpaired) electrons. The highest BCUT2D eigenvalue weighted by molar-refractivity contribution is 5.84. The van der Waals surface area contributed by atoms with E-state index < -0.39 is 5.97 Å². The molecule has 11 N–H and O–H groups in total. The van der Waals surface area contributed by atoms with Crippen LogP contribution in [0, 0.1) is 0 Å². The Labute approximate surface area is 216 Å². The third-order valence-electron chi connectivity index (χ3n) is 3.20. The third kappa shape index (κ3) is 105. The molecule has 36 heavy (non-hydrogen) atoms. The van der Waals surface area contributed by atoms with Crippen LogP contribution in [-0.4, -0.2) is 128 Å². The van der Waals surface area contributed by atoms with Gasteiger partial charge in [0.2, 0.25) is 0 Å². The van der Waals surface area contributed by atoms with Crippen molar-refractivity contribution in [3.63, 3.8) is 0 Å². The average molecular weight is 537 g/mol. The molecule has 0 atom stereocenters. The van der Waals surface area contributed by atoms with Crippen molar-refractivity contribution in [3.05, 3.63) is 12.2 Å². The zero-order valence-electron chi connectivity index (χ0n) is 22.2. The van der Waals surface area contributed by atoms with Crippen LogP contribution in [0.15, 0.2) is 12.2 Å². The summed E-state index contributed by atoms with van der Waals surface area (Å²) in [5.74, 6) is -0.935. The van der Waals surface area contributed by atoms with Crippen molar-refractivity contribution in [3.8, 4) is 0 Å². The molecule has 0 aliphatic heterocycles. The number of carboxylic acids is 1. The highest BCUT2D eigenvalue weighted by Crippen LogP contribution is 1.83. The number of hydrogen-bond acceptors (Lipinski definition) is 11. The van der Waals surface area contributed by atoms with Crippen molar-refractivity contribution in [2.24, 2.45) is 0 Å². The lowest BCUT2D eigenvalue weighted by Crippen LogP contribution is -1.92. The molecule has 0 saturated heterocycles. The van der Waals surface area contributed by atoms with E-state index in [0.717, 1.165) is 64.2 Å². The van der Waals surface area contributed by atoms with Crippen molar-refractivity contribution < 1.29 is 61.0 Å². The number of rotatable bonds is 16. The molecule has 0 fully saturated rings. The lowest BCUT2D eigenvalue weighted by molar-refractivity contribution is -0.132. The molecule has 0 spiro atoms. The van der Waals surface area contributed by atoms with Crippen LogP contribution in [0.4, 0.5) is 0 Å². The first kappa shape index (κ1) is 47.9. The second kappa shape index (κ2) is 59.1. The van der Waals surface area contributed by atoms with Gasteiger partial charge in [0, 0.05) is 71.6 Å². The van der Waals surface area contributed by atoms with E-state index in [-0.39, 0.29) is 71.6 Å². The molecule has 12 nitrogen and oxygen atoms in total. The van der Waals surface area contributed by atoms with Gasteiger partial charge in [0.1, 0.15) is 0 Å². The molecule has 0 aliphatic rings. The molecule has 0 aromatic rings. The Morgan fingerprint density at radius 1 is 0.417 bits per heavy atom. The van der Waals surface area contributed by atoms with Crippen LogP contribution in [0.5, 0.6) is 0 Å². The molecule has 0 saturated carbocycles. The molecule has 0 aromatic heterocycles. The van der Waals surface area contributed by atoms with E-state index in [9.17, 15) is 4.79 Å². The molecule has 12 heteroatoms. The van der Waals surface area contributed by atoms with Crippen LogP contribution in [-0.2, 0) is 4.79 Å². The summed E-state index contributed by atoms with van der Waals surface area (Å²) in [6.07, 6.45) is 7.19. The Hall–Kier alpha value is -1.19. The summed E-state index contributed by atoms with van der Waals surface area (Å²) in [6, 6.07) is 0. The van der Waals surface area contributed by atoms with Crippen LogP contribution in [0.1, 0.15) is 71.1 Å². The van der Waals surface area contributed by atoms with Gasteiger partial charge in [-0.25, -0.2) is 4.79 Å². The van der Waals surface area contributed by atoms with Crippen LogP contribution in [0.2, 0.25) is 0 Å². The molecule has 0 aromatic carbocycles. The minimum Gasteiger partial charge on any atom is -0.478 e. The zero-order chi connectivity index (χ0) is 29.3. The number of aliphatic carboxylic acids is 1. The van der Waals surface area contributed by atoms with Gasteiger partial charge in [0.15, 0.2) is 0 Å². The standard InChI is InChI=1S/C4H6O2.5C4H10O2/c1-3(2)4(5)6;5*5-3-1-2-4-6/h1H2,2H3,(H,5,6);5*5-6H,1-4H2. The molecule has 224 valence electrons. The molecular weight excluding hydrogens is 480 g/mol. The van der Waals surface area contributed by atoms with E-state index in [1.54, 1.807) is 0 Å². The Balaban J connectivity index is -0.0000000750. The summed E-state index contributed by atoms with van der Waals surface area (Å²) in [5.41, 5.74) is 0.176. The predicted octanol–water partition coefficient (Wildman–Crippen LogP) is -0.597. The number of carboxylic acid groups (broad SMARTS) is 1. The van der Waals surface area contributed by atoms with Crippen LogP contribution in [0.3, 0.4) is 0 Å². The lowest BCUT2D eigenvalue weighted by Gasteiger charge is -1.85. The molecule has 0 rings (SSSR count). The lowest BCUT2D eigenvalue weighted by atomic mass is 10.3. The fourth-order valence-corrected chi connectivity index (χ4v) is 1.12. The Kier molecular flexibility index (Phi) is 78.7. The Morgan fingerprint density at radius 2 is 0.500 bits per heavy atom. The predicted molar refractivity (Wildman–Crippen MR) is 139 cm³/mol. The fourth-order valence-electron chi connectivity index (χ4n) is 1.12. The smallest absolute Gasteiger partial charge is 0.330 e. The fraction of sp³-hybridized carbons (Fsp3) is 0.875. The molecule has 0 aliphatic carbocycles. The monoisotopic (exact) mass is 536 g/mol. The van der Waals surface area contributed by atoms with E-state index in [1.165, 1.54) is 6.92 Å². The summed E-state index contributed by atoms with van der Waals surface area (Å²) in [4.78, 5) is 9.60. The van der Waals surface area contributed by atoms with Gasteiger partial charge in [0.25, 0.3) is 0 Å². The van der Waals surface area contributed by atoms with E-state index in [4.69, 9.17) is 56.2 Å². The number of aliphatic hydroxyl groups is 10. The van der Waals surface area contributed by atoms with Gasteiger partial charge in [-0.05, 0) is 71.1 Å². The summed E-state index contributed by atoms with van der Waals surface area (Å²) in [5, 5.41) is 88.8. The van der Waals surface area contributed by atoms with Crippen LogP contribution < -0.4 is 0 Å². The topological polar surface area (TPSA) is 240 Å². The number of hydrogen-bond donors (Lipinski definition) is 11. The quantitative estimate of drug-likeness (QED) is 0.0875. The van der Waals surface area contributed by atoms with E-state index >= 15 is 0 Å². The van der Waals surface area contributed by atoms with Crippen molar-refractivity contribution in [1.82, 2.24) is 0 Å². The average Bonchev–Trinajstić information content (AvgIpc) is 2.88. The number of aliphatic hydroxyl groups excluding tert-OH is 10. The highest BCUT2D eigenvalue weighted by atomic mass is 16.4. The first-order valence-electron chi connectivity index (χ1n) is 12.2.